The highest BCUT2D eigenvalue weighted by atomic mass is 16.2. The van der Waals surface area contributed by atoms with Crippen LogP contribution >= 0.6 is 0 Å². The van der Waals surface area contributed by atoms with E-state index in [2.05, 4.69) is 11.4 Å². The second kappa shape index (κ2) is 3.23. The number of amides is 1. The number of dihydropyridines is 1. The van der Waals surface area contributed by atoms with Crippen LogP contribution in [0.15, 0.2) is 60.1 Å². The molecular weight excluding hydrogens is 224 g/mol. The number of rotatable bonds is 0. The zero-order chi connectivity index (χ0) is 12.1. The smallest absolute Gasteiger partial charge is 0.278 e. The fraction of sp³-hybridized carbons (Fsp3) is 0. The molecule has 3 heterocycles. The lowest BCUT2D eigenvalue weighted by Gasteiger charge is -2.35. The van der Waals surface area contributed by atoms with Crippen LogP contribution in [0, 0.1) is 0 Å². The predicted octanol–water partition coefficient (Wildman–Crippen LogP) is 2.22. The minimum Gasteiger partial charge on any atom is -0.349 e. The Labute approximate surface area is 104 Å². The van der Waals surface area contributed by atoms with Crippen molar-refractivity contribution in [2.75, 3.05) is 0 Å². The predicted molar refractivity (Wildman–Crippen MR) is 69.6 cm³/mol. The molecule has 0 radical (unpaired) electrons. The maximum atomic E-state index is 12.3. The van der Waals surface area contributed by atoms with Crippen molar-refractivity contribution in [3.63, 3.8) is 0 Å². The first-order chi connectivity index (χ1) is 8.84. The largest absolute Gasteiger partial charge is 0.349 e. The van der Waals surface area contributed by atoms with E-state index in [0.29, 0.717) is 5.70 Å². The average Bonchev–Trinajstić information content (AvgIpc) is 2.44. The maximum Gasteiger partial charge on any atom is 0.278 e. The Balaban J connectivity index is 2.04. The molecule has 2 bridgehead atoms. The van der Waals surface area contributed by atoms with E-state index in [1.165, 1.54) is 0 Å². The molecule has 0 saturated heterocycles. The lowest BCUT2D eigenvalue weighted by atomic mass is 9.96. The van der Waals surface area contributed by atoms with Crippen LogP contribution in [0.5, 0.6) is 0 Å². The van der Waals surface area contributed by atoms with E-state index in [4.69, 9.17) is 0 Å². The SMILES string of the molecule is O=C1C2=CC=CC(=C3c4ccccc4C=CN13)N2. The molecule has 0 aliphatic carbocycles. The quantitative estimate of drug-likeness (QED) is 0.746. The summed E-state index contributed by atoms with van der Waals surface area (Å²) < 4.78 is 0. The molecule has 0 spiro atoms. The van der Waals surface area contributed by atoms with E-state index >= 15 is 0 Å². The number of nitrogens with zero attached hydrogens (tertiary/aromatic N) is 1. The van der Waals surface area contributed by atoms with Gasteiger partial charge < -0.3 is 5.32 Å². The van der Waals surface area contributed by atoms with Crippen molar-refractivity contribution in [3.05, 3.63) is 71.2 Å². The van der Waals surface area contributed by atoms with Gasteiger partial charge in [0.15, 0.2) is 0 Å². The van der Waals surface area contributed by atoms with Crippen LogP contribution in [-0.2, 0) is 4.79 Å². The second-order valence-electron chi connectivity index (χ2n) is 4.40. The molecule has 4 rings (SSSR count). The van der Waals surface area contributed by atoms with Crippen molar-refractivity contribution in [1.82, 2.24) is 10.2 Å². The van der Waals surface area contributed by atoms with Crippen LogP contribution in [-0.4, -0.2) is 10.8 Å². The van der Waals surface area contributed by atoms with E-state index in [1.807, 2.05) is 42.6 Å². The van der Waals surface area contributed by atoms with Gasteiger partial charge in [-0.2, -0.15) is 0 Å². The van der Waals surface area contributed by atoms with E-state index < -0.39 is 0 Å². The molecule has 0 atom stereocenters. The monoisotopic (exact) mass is 234 g/mol. The first kappa shape index (κ1) is 9.48. The van der Waals surface area contributed by atoms with E-state index in [-0.39, 0.29) is 5.91 Å². The molecule has 1 aromatic carbocycles. The van der Waals surface area contributed by atoms with Crippen LogP contribution < -0.4 is 5.32 Å². The molecule has 1 aromatic rings. The normalized spacial score (nSPS) is 19.2. The van der Waals surface area contributed by atoms with Gasteiger partial charge in [0.25, 0.3) is 5.91 Å². The summed E-state index contributed by atoms with van der Waals surface area (Å²) in [5, 5.41) is 3.17. The number of benzene rings is 1. The van der Waals surface area contributed by atoms with Gasteiger partial charge in [0, 0.05) is 11.8 Å². The highest BCUT2D eigenvalue weighted by Crippen LogP contribution is 2.36. The van der Waals surface area contributed by atoms with Crippen molar-refractivity contribution >= 4 is 17.7 Å². The number of allylic oxidation sites excluding steroid dienone is 3. The average molecular weight is 234 g/mol. The Hall–Kier alpha value is -2.55. The van der Waals surface area contributed by atoms with E-state index in [9.17, 15) is 4.79 Å². The molecular formula is C15H10N2O. The zero-order valence-corrected chi connectivity index (χ0v) is 9.55. The molecule has 3 heteroatoms. The highest BCUT2D eigenvalue weighted by Gasteiger charge is 2.32. The molecule has 0 aromatic heterocycles. The van der Waals surface area contributed by atoms with Crippen molar-refractivity contribution in [1.29, 1.82) is 0 Å². The summed E-state index contributed by atoms with van der Waals surface area (Å²) in [4.78, 5) is 14.0. The van der Waals surface area contributed by atoms with Gasteiger partial charge in [0.2, 0.25) is 0 Å². The number of hydrogen-bond donors (Lipinski definition) is 1. The van der Waals surface area contributed by atoms with Crippen molar-refractivity contribution in [2.24, 2.45) is 0 Å². The molecule has 18 heavy (non-hydrogen) atoms. The number of nitrogens with one attached hydrogen (secondary N) is 1. The Kier molecular flexibility index (Phi) is 1.70. The molecule has 86 valence electrons. The van der Waals surface area contributed by atoms with Gasteiger partial charge in [-0.15, -0.1) is 0 Å². The highest BCUT2D eigenvalue weighted by molar-refractivity contribution is 6.05. The molecule has 3 aliphatic rings. The van der Waals surface area contributed by atoms with Gasteiger partial charge in [-0.3, -0.25) is 9.69 Å². The topological polar surface area (TPSA) is 32.3 Å². The summed E-state index contributed by atoms with van der Waals surface area (Å²) in [6, 6.07) is 8.09. The summed E-state index contributed by atoms with van der Waals surface area (Å²) in [5.74, 6) is -0.0103. The molecule has 1 amide bonds. The van der Waals surface area contributed by atoms with Crippen LogP contribution in [0.1, 0.15) is 11.1 Å². The minimum atomic E-state index is -0.0103. The first-order valence-electron chi connectivity index (χ1n) is 5.85. The summed E-state index contributed by atoms with van der Waals surface area (Å²) >= 11 is 0. The third kappa shape index (κ3) is 1.10. The standard InChI is InChI=1S/C15H10N2O/c18-15-13-7-3-6-12(16-13)14-11-5-2-1-4-10(11)8-9-17(14)15/h1-9,16H. The molecule has 0 unspecified atom stereocenters. The Morgan fingerprint density at radius 3 is 2.94 bits per heavy atom. The van der Waals surface area contributed by atoms with Gasteiger partial charge in [-0.25, -0.2) is 0 Å². The van der Waals surface area contributed by atoms with Gasteiger partial charge in [-0.05, 0) is 23.8 Å². The lowest BCUT2D eigenvalue weighted by Crippen LogP contribution is -2.40. The lowest BCUT2D eigenvalue weighted by molar-refractivity contribution is -0.122. The fourth-order valence-corrected chi connectivity index (χ4v) is 2.52. The second-order valence-corrected chi connectivity index (χ2v) is 4.40. The zero-order valence-electron chi connectivity index (χ0n) is 9.55. The molecule has 0 saturated carbocycles. The maximum absolute atomic E-state index is 12.3. The number of fused-ring (bicyclic) bond motifs is 5. The minimum absolute atomic E-state index is 0.0103. The van der Waals surface area contributed by atoms with Crippen molar-refractivity contribution in [3.8, 4) is 0 Å². The Morgan fingerprint density at radius 1 is 1.11 bits per heavy atom. The van der Waals surface area contributed by atoms with Crippen LogP contribution in [0.4, 0.5) is 0 Å². The third-order valence-electron chi connectivity index (χ3n) is 3.36. The number of carbonyl (C=O) groups excluding carboxylic acids is 1. The third-order valence-corrected chi connectivity index (χ3v) is 3.36. The number of carbonyl (C=O) groups is 1. The summed E-state index contributed by atoms with van der Waals surface area (Å²) in [6.45, 7) is 0. The number of hydrogen-bond acceptors (Lipinski definition) is 2. The van der Waals surface area contributed by atoms with Crippen molar-refractivity contribution in [2.45, 2.75) is 0 Å². The van der Waals surface area contributed by atoms with Gasteiger partial charge in [0.1, 0.15) is 5.70 Å². The Morgan fingerprint density at radius 2 is 2.00 bits per heavy atom. The van der Waals surface area contributed by atoms with Crippen LogP contribution in [0.3, 0.4) is 0 Å². The van der Waals surface area contributed by atoms with E-state index in [1.54, 1.807) is 11.0 Å². The molecule has 1 N–H and O–H groups in total. The van der Waals surface area contributed by atoms with E-state index in [0.717, 1.165) is 22.5 Å². The Bertz CT molecular complexity index is 692. The summed E-state index contributed by atoms with van der Waals surface area (Å²) in [7, 11) is 0. The first-order valence-corrected chi connectivity index (χ1v) is 5.85. The fourth-order valence-electron chi connectivity index (χ4n) is 2.52. The van der Waals surface area contributed by atoms with Gasteiger partial charge in [-0.1, -0.05) is 30.3 Å². The summed E-state index contributed by atoms with van der Waals surface area (Å²) in [5.41, 5.74) is 4.76. The molecule has 0 fully saturated rings. The van der Waals surface area contributed by atoms with Crippen LogP contribution in [0.2, 0.25) is 0 Å². The van der Waals surface area contributed by atoms with Gasteiger partial charge >= 0.3 is 0 Å². The summed E-state index contributed by atoms with van der Waals surface area (Å²) in [6.07, 6.45) is 9.52. The van der Waals surface area contributed by atoms with Crippen molar-refractivity contribution < 1.29 is 4.79 Å². The van der Waals surface area contributed by atoms with Crippen LogP contribution in [0.25, 0.3) is 11.8 Å². The van der Waals surface area contributed by atoms with Gasteiger partial charge in [0.05, 0.1) is 11.4 Å². The molecule has 3 aliphatic heterocycles. The molecule has 3 nitrogen and oxygen atoms in total.